The first kappa shape index (κ1) is 15.8. The van der Waals surface area contributed by atoms with E-state index >= 15 is 0 Å². The van der Waals surface area contributed by atoms with Gasteiger partial charge in [0.05, 0.1) is 24.0 Å². The molecule has 0 spiro atoms. The van der Waals surface area contributed by atoms with Gasteiger partial charge in [-0.2, -0.15) is 10.2 Å². The minimum atomic E-state index is 0.0260. The highest BCUT2D eigenvalue weighted by molar-refractivity contribution is 5.97. The van der Waals surface area contributed by atoms with Crippen molar-refractivity contribution in [1.82, 2.24) is 29.4 Å². The van der Waals surface area contributed by atoms with Crippen LogP contribution in [0.5, 0.6) is 0 Å². The van der Waals surface area contributed by atoms with Crippen molar-refractivity contribution >= 4 is 16.9 Å². The van der Waals surface area contributed by atoms with E-state index in [2.05, 4.69) is 29.0 Å². The van der Waals surface area contributed by atoms with Crippen molar-refractivity contribution in [2.45, 2.75) is 38.8 Å². The predicted octanol–water partition coefficient (Wildman–Crippen LogP) is 2.72. The molecule has 0 aromatic carbocycles. The Kier molecular flexibility index (Phi) is 3.78. The number of nitrogens with zero attached hydrogens (tertiary/aromatic N) is 6. The van der Waals surface area contributed by atoms with E-state index in [1.807, 2.05) is 35.1 Å². The second-order valence-corrected chi connectivity index (χ2v) is 6.92. The molecule has 0 radical (unpaired) electrons. The summed E-state index contributed by atoms with van der Waals surface area (Å²) in [5, 5.41) is 9.52. The zero-order valence-corrected chi connectivity index (χ0v) is 14.8. The Labute approximate surface area is 146 Å². The molecule has 4 rings (SSSR count). The summed E-state index contributed by atoms with van der Waals surface area (Å²) in [4.78, 5) is 19.5. The Balaban J connectivity index is 1.64. The highest BCUT2D eigenvalue weighted by Crippen LogP contribution is 2.33. The second-order valence-electron chi connectivity index (χ2n) is 6.92. The molecule has 3 aromatic rings. The van der Waals surface area contributed by atoms with Gasteiger partial charge in [-0.15, -0.1) is 0 Å². The molecule has 1 fully saturated rings. The van der Waals surface area contributed by atoms with Gasteiger partial charge in [0.1, 0.15) is 0 Å². The molecular weight excluding hydrogens is 316 g/mol. The molecule has 1 atom stereocenters. The Morgan fingerprint density at radius 1 is 1.24 bits per heavy atom. The lowest BCUT2D eigenvalue weighted by atomic mass is 10.1. The van der Waals surface area contributed by atoms with Gasteiger partial charge in [-0.05, 0) is 32.8 Å². The molecule has 7 nitrogen and oxygen atoms in total. The van der Waals surface area contributed by atoms with Crippen LogP contribution < -0.4 is 0 Å². The van der Waals surface area contributed by atoms with Crippen molar-refractivity contribution in [1.29, 1.82) is 0 Å². The maximum Gasteiger partial charge on any atom is 0.255 e. The number of carbonyl (C=O) groups is 1. The molecule has 0 N–H and O–H groups in total. The number of likely N-dealkylation sites (tertiary alicyclic amines) is 1. The topological polar surface area (TPSA) is 68.8 Å². The minimum absolute atomic E-state index is 0.0260. The molecule has 7 heteroatoms. The summed E-state index contributed by atoms with van der Waals surface area (Å²) in [6.45, 7) is 4.90. The van der Waals surface area contributed by atoms with Crippen LogP contribution >= 0.6 is 0 Å². The van der Waals surface area contributed by atoms with Crippen molar-refractivity contribution in [3.63, 3.8) is 0 Å². The summed E-state index contributed by atoms with van der Waals surface area (Å²) in [6, 6.07) is 2.23. The number of hydrogen-bond donors (Lipinski definition) is 0. The predicted molar refractivity (Wildman–Crippen MR) is 94.1 cm³/mol. The number of fused-ring (bicyclic) bond motifs is 1. The third-order valence-corrected chi connectivity index (χ3v) is 4.79. The van der Waals surface area contributed by atoms with E-state index in [0.717, 1.165) is 36.0 Å². The molecule has 130 valence electrons. The van der Waals surface area contributed by atoms with Gasteiger partial charge in [-0.1, -0.05) is 0 Å². The van der Waals surface area contributed by atoms with Crippen LogP contribution in [-0.4, -0.2) is 41.9 Å². The Morgan fingerprint density at radius 3 is 2.80 bits per heavy atom. The third-order valence-electron chi connectivity index (χ3n) is 4.79. The fourth-order valence-corrected chi connectivity index (χ4v) is 3.57. The van der Waals surface area contributed by atoms with Gasteiger partial charge < -0.3 is 4.90 Å². The molecular formula is C18H22N6O. The normalized spacial score (nSPS) is 17.8. The zero-order chi connectivity index (χ0) is 17.6. The fourth-order valence-electron chi connectivity index (χ4n) is 3.57. The van der Waals surface area contributed by atoms with Gasteiger partial charge in [-0.25, -0.2) is 9.67 Å². The quantitative estimate of drug-likeness (QED) is 0.736. The molecule has 1 saturated heterocycles. The molecule has 4 heterocycles. The summed E-state index contributed by atoms with van der Waals surface area (Å²) in [6.07, 6.45) is 9.27. The smallest absolute Gasteiger partial charge is 0.255 e. The van der Waals surface area contributed by atoms with Crippen LogP contribution in [0.15, 0.2) is 30.9 Å². The summed E-state index contributed by atoms with van der Waals surface area (Å²) in [5.41, 5.74) is 2.53. The molecule has 0 unspecified atom stereocenters. The molecule has 3 aromatic heterocycles. The van der Waals surface area contributed by atoms with Crippen molar-refractivity contribution in [3.05, 3.63) is 42.0 Å². The fraction of sp³-hybridized carbons (Fsp3) is 0.444. The lowest BCUT2D eigenvalue weighted by Crippen LogP contribution is -2.30. The van der Waals surface area contributed by atoms with Gasteiger partial charge in [-0.3, -0.25) is 9.48 Å². The van der Waals surface area contributed by atoms with Crippen LogP contribution in [0.3, 0.4) is 0 Å². The van der Waals surface area contributed by atoms with Crippen molar-refractivity contribution in [3.8, 4) is 0 Å². The average Bonchev–Trinajstić information content (AvgIpc) is 3.31. The Hall–Kier alpha value is -2.70. The number of carbonyl (C=O) groups excluding carboxylic acids is 1. The van der Waals surface area contributed by atoms with E-state index in [9.17, 15) is 4.79 Å². The van der Waals surface area contributed by atoms with E-state index < -0.39 is 0 Å². The number of rotatable bonds is 3. The third kappa shape index (κ3) is 2.69. The summed E-state index contributed by atoms with van der Waals surface area (Å²) >= 11 is 0. The van der Waals surface area contributed by atoms with Gasteiger partial charge in [0.25, 0.3) is 5.91 Å². The lowest BCUT2D eigenvalue weighted by molar-refractivity contribution is 0.0735. The number of aryl methyl sites for hydroxylation is 1. The number of aromatic nitrogens is 5. The van der Waals surface area contributed by atoms with E-state index in [1.165, 1.54) is 0 Å². The summed E-state index contributed by atoms with van der Waals surface area (Å²) < 4.78 is 3.65. The molecule has 0 bridgehead atoms. The monoisotopic (exact) mass is 338 g/mol. The SMILES string of the molecule is CC(C)n1ncc2cc(C(=O)N3CCC[C@@H]3c3cnn(C)c3)cnc21. The first-order valence-corrected chi connectivity index (χ1v) is 8.67. The molecule has 1 aliphatic heterocycles. The highest BCUT2D eigenvalue weighted by Gasteiger charge is 2.31. The molecule has 1 amide bonds. The van der Waals surface area contributed by atoms with Crippen LogP contribution in [0.4, 0.5) is 0 Å². The van der Waals surface area contributed by atoms with Gasteiger partial charge in [0, 0.05) is 43.0 Å². The number of pyridine rings is 1. The van der Waals surface area contributed by atoms with E-state index in [-0.39, 0.29) is 18.0 Å². The maximum absolute atomic E-state index is 13.1. The van der Waals surface area contributed by atoms with Crippen LogP contribution in [0.25, 0.3) is 11.0 Å². The van der Waals surface area contributed by atoms with E-state index in [1.54, 1.807) is 17.1 Å². The van der Waals surface area contributed by atoms with Gasteiger partial charge in [0.15, 0.2) is 5.65 Å². The standard InChI is InChI=1S/C18H22N6O/c1-12(2)24-17-13(9-21-24)7-14(8-19-17)18(25)23-6-4-5-16(23)15-10-20-22(3)11-15/h7-12,16H,4-6H2,1-3H3/t16-/m1/s1. The number of amides is 1. The van der Waals surface area contributed by atoms with Crippen LogP contribution in [0.2, 0.25) is 0 Å². The van der Waals surface area contributed by atoms with Crippen LogP contribution in [-0.2, 0) is 7.05 Å². The van der Waals surface area contributed by atoms with Crippen molar-refractivity contribution < 1.29 is 4.79 Å². The Bertz CT molecular complexity index is 925. The van der Waals surface area contributed by atoms with Crippen molar-refractivity contribution in [2.24, 2.45) is 7.05 Å². The largest absolute Gasteiger partial charge is 0.331 e. The molecule has 0 aliphatic carbocycles. The first-order chi connectivity index (χ1) is 12.0. The Morgan fingerprint density at radius 2 is 2.08 bits per heavy atom. The first-order valence-electron chi connectivity index (χ1n) is 8.67. The van der Waals surface area contributed by atoms with Crippen molar-refractivity contribution in [2.75, 3.05) is 6.54 Å². The summed E-state index contributed by atoms with van der Waals surface area (Å²) in [7, 11) is 1.90. The van der Waals surface area contributed by atoms with Gasteiger partial charge >= 0.3 is 0 Å². The summed E-state index contributed by atoms with van der Waals surface area (Å²) in [5.74, 6) is 0.0260. The lowest BCUT2D eigenvalue weighted by Gasteiger charge is -2.24. The molecule has 25 heavy (non-hydrogen) atoms. The average molecular weight is 338 g/mol. The van der Waals surface area contributed by atoms with E-state index in [4.69, 9.17) is 0 Å². The highest BCUT2D eigenvalue weighted by atomic mass is 16.2. The number of hydrogen-bond acceptors (Lipinski definition) is 4. The minimum Gasteiger partial charge on any atom is -0.331 e. The van der Waals surface area contributed by atoms with Crippen LogP contribution in [0, 0.1) is 0 Å². The van der Waals surface area contributed by atoms with Crippen LogP contribution in [0.1, 0.15) is 54.7 Å². The van der Waals surface area contributed by atoms with Gasteiger partial charge in [0.2, 0.25) is 0 Å². The zero-order valence-electron chi connectivity index (χ0n) is 14.8. The molecule has 0 saturated carbocycles. The maximum atomic E-state index is 13.1. The molecule has 1 aliphatic rings. The van der Waals surface area contributed by atoms with E-state index in [0.29, 0.717) is 5.56 Å². The second kappa shape index (κ2) is 5.98.